The molecule has 2 aromatic carbocycles. The summed E-state index contributed by atoms with van der Waals surface area (Å²) in [4.78, 5) is 51.1. The van der Waals surface area contributed by atoms with Crippen LogP contribution in [0.5, 0.6) is 0 Å². The molecule has 0 radical (unpaired) electrons. The minimum atomic E-state index is -0.396. The van der Waals surface area contributed by atoms with Crippen molar-refractivity contribution >= 4 is 52.3 Å². The number of carbonyl (C=O) groups excluding carboxylic acids is 4. The molecule has 2 saturated heterocycles. The van der Waals surface area contributed by atoms with Gasteiger partial charge in [0.25, 0.3) is 5.91 Å². The van der Waals surface area contributed by atoms with Crippen molar-refractivity contribution < 1.29 is 19.2 Å². The molecule has 1 N–H and O–H groups in total. The highest BCUT2D eigenvalue weighted by atomic mass is 35.5. The first-order chi connectivity index (χ1) is 13.9. The number of nitrogens with zero attached hydrogens (tertiary/aromatic N) is 2. The lowest BCUT2D eigenvalue weighted by atomic mass is 10.1. The lowest BCUT2D eigenvalue weighted by molar-refractivity contribution is -0.121. The maximum atomic E-state index is 12.6. The third-order valence-electron chi connectivity index (χ3n) is 4.99. The van der Waals surface area contributed by atoms with E-state index in [1.165, 1.54) is 6.07 Å². The van der Waals surface area contributed by atoms with Crippen LogP contribution in [-0.2, 0) is 14.4 Å². The van der Waals surface area contributed by atoms with Crippen LogP contribution < -0.4 is 15.1 Å². The molecule has 0 atom stereocenters. The molecule has 0 bridgehead atoms. The molecule has 4 rings (SSSR count). The Morgan fingerprint density at radius 1 is 0.931 bits per heavy atom. The number of halogens is 1. The van der Waals surface area contributed by atoms with Crippen LogP contribution in [0.2, 0.25) is 5.02 Å². The van der Waals surface area contributed by atoms with E-state index in [1.807, 2.05) is 0 Å². The number of nitrogens with one attached hydrogen (secondary N) is 1. The SMILES string of the molecule is O=C(Nc1ccc(N2CCCC2=O)c(Cl)c1)c1cccc(N2C(=O)CCC2=O)c1. The van der Waals surface area contributed by atoms with Crippen molar-refractivity contribution in [2.75, 3.05) is 21.7 Å². The maximum absolute atomic E-state index is 12.6. The second-order valence-electron chi connectivity index (χ2n) is 6.94. The van der Waals surface area contributed by atoms with Crippen LogP contribution in [0.3, 0.4) is 0 Å². The van der Waals surface area contributed by atoms with E-state index in [0.717, 1.165) is 11.3 Å². The molecule has 2 aliphatic rings. The fraction of sp³-hybridized carbons (Fsp3) is 0.238. The molecule has 0 saturated carbocycles. The van der Waals surface area contributed by atoms with E-state index in [-0.39, 0.29) is 30.6 Å². The second-order valence-corrected chi connectivity index (χ2v) is 7.35. The molecule has 4 amide bonds. The van der Waals surface area contributed by atoms with Gasteiger partial charge in [0, 0.05) is 37.1 Å². The molecule has 2 aliphatic heterocycles. The van der Waals surface area contributed by atoms with Crippen LogP contribution >= 0.6 is 11.6 Å². The predicted molar refractivity (Wildman–Crippen MR) is 109 cm³/mol. The molecule has 2 heterocycles. The zero-order valence-corrected chi connectivity index (χ0v) is 16.2. The van der Waals surface area contributed by atoms with Crippen molar-refractivity contribution in [1.82, 2.24) is 0 Å². The van der Waals surface area contributed by atoms with Crippen molar-refractivity contribution in [2.45, 2.75) is 25.7 Å². The summed E-state index contributed by atoms with van der Waals surface area (Å²) in [5, 5.41) is 3.13. The summed E-state index contributed by atoms with van der Waals surface area (Å²) < 4.78 is 0. The average molecular weight is 412 g/mol. The van der Waals surface area contributed by atoms with E-state index in [2.05, 4.69) is 5.32 Å². The quantitative estimate of drug-likeness (QED) is 0.781. The topological polar surface area (TPSA) is 86.8 Å². The molecule has 2 fully saturated rings. The van der Waals surface area contributed by atoms with Gasteiger partial charge in [0.2, 0.25) is 17.7 Å². The fourth-order valence-electron chi connectivity index (χ4n) is 3.56. The van der Waals surface area contributed by atoms with Gasteiger partial charge < -0.3 is 10.2 Å². The van der Waals surface area contributed by atoms with Gasteiger partial charge in [-0.1, -0.05) is 17.7 Å². The zero-order chi connectivity index (χ0) is 20.5. The van der Waals surface area contributed by atoms with E-state index in [0.29, 0.717) is 40.6 Å². The Kier molecular flexibility index (Phi) is 5.07. The summed E-state index contributed by atoms with van der Waals surface area (Å²) in [6, 6.07) is 11.3. The van der Waals surface area contributed by atoms with Gasteiger partial charge in [0.05, 0.1) is 16.4 Å². The lowest BCUT2D eigenvalue weighted by Gasteiger charge is -2.18. The lowest BCUT2D eigenvalue weighted by Crippen LogP contribution is -2.28. The molecule has 0 aliphatic carbocycles. The van der Waals surface area contributed by atoms with Gasteiger partial charge in [-0.15, -0.1) is 0 Å². The Labute approximate surface area is 172 Å². The summed E-state index contributed by atoms with van der Waals surface area (Å²) >= 11 is 6.32. The van der Waals surface area contributed by atoms with Gasteiger partial charge in [-0.25, -0.2) is 0 Å². The summed E-state index contributed by atoms with van der Waals surface area (Å²) in [5.41, 5.74) is 1.80. The molecule has 148 valence electrons. The van der Waals surface area contributed by atoms with E-state index < -0.39 is 5.91 Å². The first kappa shape index (κ1) is 19.1. The van der Waals surface area contributed by atoms with Gasteiger partial charge in [0.15, 0.2) is 0 Å². The highest BCUT2D eigenvalue weighted by molar-refractivity contribution is 6.34. The van der Waals surface area contributed by atoms with Crippen LogP contribution in [-0.4, -0.2) is 30.2 Å². The molecule has 2 aromatic rings. The minimum absolute atomic E-state index is 0.0338. The monoisotopic (exact) mass is 411 g/mol. The van der Waals surface area contributed by atoms with E-state index in [4.69, 9.17) is 11.6 Å². The molecule has 8 heteroatoms. The van der Waals surface area contributed by atoms with Crippen molar-refractivity contribution in [1.29, 1.82) is 0 Å². The van der Waals surface area contributed by atoms with Gasteiger partial charge in [-0.05, 0) is 42.8 Å². The predicted octanol–water partition coefficient (Wildman–Crippen LogP) is 3.37. The van der Waals surface area contributed by atoms with Crippen LogP contribution in [0.1, 0.15) is 36.0 Å². The van der Waals surface area contributed by atoms with E-state index in [9.17, 15) is 19.2 Å². The van der Waals surface area contributed by atoms with Crippen LogP contribution in [0.25, 0.3) is 0 Å². The molecule has 0 spiro atoms. The highest BCUT2D eigenvalue weighted by Gasteiger charge is 2.30. The standard InChI is InChI=1S/C21H18ClN3O4/c22-16-12-14(6-7-17(16)24-10-2-5-18(24)26)23-21(29)13-3-1-4-15(11-13)25-19(27)8-9-20(25)28/h1,3-4,6-7,11-12H,2,5,8-10H2,(H,23,29). The molecule has 29 heavy (non-hydrogen) atoms. The van der Waals surface area contributed by atoms with Gasteiger partial charge in [0.1, 0.15) is 0 Å². The fourth-order valence-corrected chi connectivity index (χ4v) is 3.84. The average Bonchev–Trinajstić information content (AvgIpc) is 3.27. The van der Waals surface area contributed by atoms with Crippen LogP contribution in [0.4, 0.5) is 17.1 Å². The first-order valence-corrected chi connectivity index (χ1v) is 9.69. The first-order valence-electron chi connectivity index (χ1n) is 9.31. The number of rotatable bonds is 4. The summed E-state index contributed by atoms with van der Waals surface area (Å²) in [6.45, 7) is 0.630. The molecule has 7 nitrogen and oxygen atoms in total. The van der Waals surface area contributed by atoms with Crippen LogP contribution in [0, 0.1) is 0 Å². The van der Waals surface area contributed by atoms with Crippen molar-refractivity contribution in [3.63, 3.8) is 0 Å². The Morgan fingerprint density at radius 2 is 1.69 bits per heavy atom. The molecular formula is C21H18ClN3O4. The van der Waals surface area contributed by atoms with Gasteiger partial charge in [-0.2, -0.15) is 0 Å². The number of amides is 4. The summed E-state index contributed by atoms with van der Waals surface area (Å²) in [6.07, 6.45) is 1.67. The Morgan fingerprint density at radius 3 is 2.34 bits per heavy atom. The normalized spacial score (nSPS) is 16.7. The Bertz CT molecular complexity index is 1020. The Hall–Kier alpha value is -3.19. The maximum Gasteiger partial charge on any atom is 0.255 e. The van der Waals surface area contributed by atoms with E-state index >= 15 is 0 Å². The van der Waals surface area contributed by atoms with Gasteiger partial charge in [-0.3, -0.25) is 24.1 Å². The number of carbonyl (C=O) groups is 4. The molecule has 0 aromatic heterocycles. The van der Waals surface area contributed by atoms with E-state index in [1.54, 1.807) is 41.3 Å². The third kappa shape index (κ3) is 3.73. The van der Waals surface area contributed by atoms with Gasteiger partial charge >= 0.3 is 0 Å². The largest absolute Gasteiger partial charge is 0.322 e. The summed E-state index contributed by atoms with van der Waals surface area (Å²) in [5.74, 6) is -0.906. The number of hydrogen-bond acceptors (Lipinski definition) is 4. The molecular weight excluding hydrogens is 394 g/mol. The number of anilines is 3. The highest BCUT2D eigenvalue weighted by Crippen LogP contribution is 2.32. The van der Waals surface area contributed by atoms with Crippen molar-refractivity contribution in [2.24, 2.45) is 0 Å². The number of imide groups is 1. The Balaban J connectivity index is 1.52. The smallest absolute Gasteiger partial charge is 0.255 e. The zero-order valence-electron chi connectivity index (χ0n) is 15.5. The number of benzene rings is 2. The third-order valence-corrected chi connectivity index (χ3v) is 5.29. The second kappa shape index (κ2) is 7.67. The molecule has 0 unspecified atom stereocenters. The summed E-state index contributed by atoms with van der Waals surface area (Å²) in [7, 11) is 0. The van der Waals surface area contributed by atoms with Crippen molar-refractivity contribution in [3.05, 3.63) is 53.1 Å². The number of hydrogen-bond donors (Lipinski definition) is 1. The van der Waals surface area contributed by atoms with Crippen LogP contribution in [0.15, 0.2) is 42.5 Å². The van der Waals surface area contributed by atoms with Crippen molar-refractivity contribution in [3.8, 4) is 0 Å². The minimum Gasteiger partial charge on any atom is -0.322 e.